The third-order valence-electron chi connectivity index (χ3n) is 4.93. The molecule has 1 saturated carbocycles. The van der Waals surface area contributed by atoms with E-state index in [0.717, 1.165) is 18.4 Å². The minimum Gasteiger partial charge on any atom is -0.452 e. The summed E-state index contributed by atoms with van der Waals surface area (Å²) in [6.45, 7) is 5.92. The topological polar surface area (TPSA) is 81.4 Å². The summed E-state index contributed by atoms with van der Waals surface area (Å²) in [4.78, 5) is 24.1. The molecule has 1 aromatic rings. The van der Waals surface area contributed by atoms with Crippen molar-refractivity contribution < 1.29 is 14.3 Å². The van der Waals surface area contributed by atoms with Gasteiger partial charge in [0.1, 0.15) is 0 Å². The number of rotatable bonds is 4. The molecular formula is C18H26N2O3. The molecule has 1 fully saturated rings. The summed E-state index contributed by atoms with van der Waals surface area (Å²) in [6.07, 6.45) is 3.31. The predicted octanol–water partition coefficient (Wildman–Crippen LogP) is 2.67. The van der Waals surface area contributed by atoms with E-state index < -0.39 is 5.97 Å². The summed E-state index contributed by atoms with van der Waals surface area (Å²) >= 11 is 0. The molecule has 1 aliphatic carbocycles. The first-order valence-electron chi connectivity index (χ1n) is 8.21. The molecule has 1 aromatic carbocycles. The third kappa shape index (κ3) is 4.24. The molecule has 126 valence electrons. The molecule has 3 N–H and O–H groups in total. The fraction of sp³-hybridized carbons (Fsp3) is 0.556. The van der Waals surface area contributed by atoms with Crippen molar-refractivity contribution in [3.05, 3.63) is 29.3 Å². The molecule has 3 atom stereocenters. The number of amides is 1. The Morgan fingerprint density at radius 2 is 2.04 bits per heavy atom. The normalized spacial score (nSPS) is 24.0. The van der Waals surface area contributed by atoms with Crippen molar-refractivity contribution in [2.75, 3.05) is 12.3 Å². The smallest absolute Gasteiger partial charge is 0.340 e. The zero-order chi connectivity index (χ0) is 17.0. The summed E-state index contributed by atoms with van der Waals surface area (Å²) in [5.74, 6) is 0.224. The highest BCUT2D eigenvalue weighted by atomic mass is 16.5. The lowest BCUT2D eigenvalue weighted by atomic mass is 9.78. The van der Waals surface area contributed by atoms with Crippen molar-refractivity contribution >= 4 is 17.6 Å². The maximum Gasteiger partial charge on any atom is 0.340 e. The molecule has 0 unspecified atom stereocenters. The third-order valence-corrected chi connectivity index (χ3v) is 4.93. The van der Waals surface area contributed by atoms with Crippen LogP contribution in [0.3, 0.4) is 0 Å². The molecule has 0 aliphatic heterocycles. The van der Waals surface area contributed by atoms with Gasteiger partial charge in [-0.15, -0.1) is 0 Å². The van der Waals surface area contributed by atoms with E-state index in [1.807, 2.05) is 13.0 Å². The molecule has 0 heterocycles. The van der Waals surface area contributed by atoms with Crippen molar-refractivity contribution in [3.63, 3.8) is 0 Å². The van der Waals surface area contributed by atoms with Gasteiger partial charge in [-0.05, 0) is 36.8 Å². The minimum absolute atomic E-state index is 0.161. The number of hydrogen-bond acceptors (Lipinski definition) is 4. The van der Waals surface area contributed by atoms with E-state index in [0.29, 0.717) is 23.1 Å². The molecule has 2 rings (SSSR count). The van der Waals surface area contributed by atoms with Crippen LogP contribution in [0.15, 0.2) is 18.2 Å². The number of benzene rings is 1. The fourth-order valence-corrected chi connectivity index (χ4v) is 3.10. The summed E-state index contributed by atoms with van der Waals surface area (Å²) in [6, 6.07) is 5.33. The van der Waals surface area contributed by atoms with Gasteiger partial charge >= 0.3 is 5.97 Å². The minimum atomic E-state index is -0.564. The molecular weight excluding hydrogens is 292 g/mol. The van der Waals surface area contributed by atoms with Gasteiger partial charge in [-0.25, -0.2) is 4.79 Å². The average molecular weight is 318 g/mol. The Morgan fingerprint density at radius 1 is 1.30 bits per heavy atom. The van der Waals surface area contributed by atoms with Crippen LogP contribution in [0.25, 0.3) is 0 Å². The predicted molar refractivity (Wildman–Crippen MR) is 90.0 cm³/mol. The lowest BCUT2D eigenvalue weighted by molar-refractivity contribution is -0.125. The van der Waals surface area contributed by atoms with E-state index >= 15 is 0 Å². The van der Waals surface area contributed by atoms with Crippen LogP contribution in [-0.2, 0) is 9.53 Å². The van der Waals surface area contributed by atoms with Crippen LogP contribution < -0.4 is 11.1 Å². The first-order chi connectivity index (χ1) is 10.9. The lowest BCUT2D eigenvalue weighted by Gasteiger charge is -2.34. The number of nitrogens with two attached hydrogens (primary N) is 1. The Labute approximate surface area is 137 Å². The number of hydrogen-bond donors (Lipinski definition) is 2. The molecule has 1 amide bonds. The van der Waals surface area contributed by atoms with E-state index in [-0.39, 0.29) is 18.6 Å². The number of nitrogens with one attached hydrogen (secondary N) is 1. The molecule has 0 spiro atoms. The summed E-state index contributed by atoms with van der Waals surface area (Å²) in [7, 11) is 0. The number of aryl methyl sites for hydroxylation is 1. The highest BCUT2D eigenvalue weighted by Gasteiger charge is 2.28. The molecule has 0 radical (unpaired) electrons. The second-order valence-electron chi connectivity index (χ2n) is 6.55. The molecule has 0 aromatic heterocycles. The molecule has 5 heteroatoms. The van der Waals surface area contributed by atoms with Gasteiger partial charge in [-0.3, -0.25) is 4.79 Å². The fourth-order valence-electron chi connectivity index (χ4n) is 3.10. The van der Waals surface area contributed by atoms with Crippen LogP contribution in [0.4, 0.5) is 5.69 Å². The van der Waals surface area contributed by atoms with Crippen molar-refractivity contribution in [1.82, 2.24) is 5.32 Å². The highest BCUT2D eigenvalue weighted by Crippen LogP contribution is 2.29. The van der Waals surface area contributed by atoms with Crippen LogP contribution in [0.1, 0.15) is 49.0 Å². The summed E-state index contributed by atoms with van der Waals surface area (Å²) in [5.41, 5.74) is 7.38. The van der Waals surface area contributed by atoms with Crippen LogP contribution in [0, 0.1) is 18.8 Å². The molecule has 1 aliphatic rings. The van der Waals surface area contributed by atoms with Crippen molar-refractivity contribution in [1.29, 1.82) is 0 Å². The summed E-state index contributed by atoms with van der Waals surface area (Å²) in [5, 5.41) is 2.98. The van der Waals surface area contributed by atoms with Gasteiger partial charge < -0.3 is 15.8 Å². The highest BCUT2D eigenvalue weighted by molar-refractivity contribution is 5.96. The van der Waals surface area contributed by atoms with E-state index in [1.54, 1.807) is 12.1 Å². The van der Waals surface area contributed by atoms with Gasteiger partial charge in [-0.2, -0.15) is 0 Å². The number of esters is 1. The van der Waals surface area contributed by atoms with Gasteiger partial charge in [0.15, 0.2) is 6.61 Å². The Balaban J connectivity index is 1.86. The van der Waals surface area contributed by atoms with Crippen LogP contribution in [-0.4, -0.2) is 24.5 Å². The van der Waals surface area contributed by atoms with Gasteiger partial charge in [0.05, 0.1) is 5.56 Å². The van der Waals surface area contributed by atoms with Crippen LogP contribution in [0.5, 0.6) is 0 Å². The lowest BCUT2D eigenvalue weighted by Crippen LogP contribution is -2.45. The van der Waals surface area contributed by atoms with Gasteiger partial charge in [0.25, 0.3) is 5.91 Å². The number of carbonyl (C=O) groups is 2. The van der Waals surface area contributed by atoms with Crippen molar-refractivity contribution in [2.45, 2.75) is 46.1 Å². The SMILES string of the molecule is Cc1cccc(C(=O)OCC(=O)N[C@@H]2CCC[C@@H](C)[C@@H]2C)c1N. The maximum absolute atomic E-state index is 12.0. The van der Waals surface area contributed by atoms with E-state index in [2.05, 4.69) is 19.2 Å². The van der Waals surface area contributed by atoms with Crippen LogP contribution in [0.2, 0.25) is 0 Å². The number of nitrogen functional groups attached to an aromatic ring is 1. The molecule has 5 nitrogen and oxygen atoms in total. The number of anilines is 1. The molecule has 23 heavy (non-hydrogen) atoms. The average Bonchev–Trinajstić information content (AvgIpc) is 2.52. The second kappa shape index (κ2) is 7.49. The zero-order valence-corrected chi connectivity index (χ0v) is 14.1. The first kappa shape index (κ1) is 17.3. The van der Waals surface area contributed by atoms with Crippen LogP contribution >= 0.6 is 0 Å². The zero-order valence-electron chi connectivity index (χ0n) is 14.1. The number of para-hydroxylation sites is 1. The molecule has 0 bridgehead atoms. The second-order valence-corrected chi connectivity index (χ2v) is 6.55. The monoisotopic (exact) mass is 318 g/mol. The van der Waals surface area contributed by atoms with Gasteiger partial charge in [0, 0.05) is 11.7 Å². The Hall–Kier alpha value is -2.04. The Kier molecular flexibility index (Phi) is 5.64. The van der Waals surface area contributed by atoms with Gasteiger partial charge in [-0.1, -0.05) is 38.8 Å². The number of ether oxygens (including phenoxy) is 1. The van der Waals surface area contributed by atoms with E-state index in [4.69, 9.17) is 10.5 Å². The molecule has 0 saturated heterocycles. The Bertz CT molecular complexity index is 586. The maximum atomic E-state index is 12.0. The van der Waals surface area contributed by atoms with E-state index in [9.17, 15) is 9.59 Å². The number of carbonyl (C=O) groups excluding carboxylic acids is 2. The van der Waals surface area contributed by atoms with Crippen molar-refractivity contribution in [3.8, 4) is 0 Å². The largest absolute Gasteiger partial charge is 0.452 e. The Morgan fingerprint density at radius 3 is 2.78 bits per heavy atom. The quantitative estimate of drug-likeness (QED) is 0.660. The van der Waals surface area contributed by atoms with Crippen molar-refractivity contribution in [2.24, 2.45) is 11.8 Å². The van der Waals surface area contributed by atoms with Gasteiger partial charge in [0.2, 0.25) is 0 Å². The van der Waals surface area contributed by atoms with E-state index in [1.165, 1.54) is 6.42 Å². The first-order valence-corrected chi connectivity index (χ1v) is 8.21. The standard InChI is InChI=1S/C18H26N2O3/c1-11-6-5-9-15(13(11)3)20-16(21)10-23-18(22)14-8-4-7-12(2)17(14)19/h4,7-8,11,13,15H,5-6,9-10,19H2,1-3H3,(H,20,21)/t11-,13+,15-/m1/s1. The summed E-state index contributed by atoms with van der Waals surface area (Å²) < 4.78 is 5.10.